The summed E-state index contributed by atoms with van der Waals surface area (Å²) < 4.78 is 0. The van der Waals surface area contributed by atoms with Crippen molar-refractivity contribution in [3.63, 3.8) is 0 Å². The van der Waals surface area contributed by atoms with Crippen LogP contribution in [0.3, 0.4) is 0 Å². The lowest BCUT2D eigenvalue weighted by Gasteiger charge is -2.29. The number of tetrazole rings is 1. The standard InChI is InChI=1S/C29H24N6O/c1-29(2)17-26-22(27(36)18-29)13-14-23(30-26)28-32-34-35(33-28)21-15-24(19-9-5-3-6-10-19)31-25(16-21)20-11-7-4-8-12-20/h3-16H,17-18H2,1-2H3. The highest BCUT2D eigenvalue weighted by molar-refractivity contribution is 5.98. The van der Waals surface area contributed by atoms with Gasteiger partial charge in [-0.2, -0.15) is 0 Å². The smallest absolute Gasteiger partial charge is 0.223 e. The molecule has 0 saturated carbocycles. The number of rotatable bonds is 4. The van der Waals surface area contributed by atoms with Crippen molar-refractivity contribution in [2.24, 2.45) is 5.41 Å². The zero-order valence-corrected chi connectivity index (χ0v) is 20.1. The summed E-state index contributed by atoms with van der Waals surface area (Å²) >= 11 is 0. The maximum atomic E-state index is 12.5. The summed E-state index contributed by atoms with van der Waals surface area (Å²) in [5.41, 5.74) is 6.37. The Balaban J connectivity index is 1.41. The minimum Gasteiger partial charge on any atom is -0.294 e. The van der Waals surface area contributed by atoms with E-state index in [1.54, 1.807) is 6.07 Å². The molecule has 3 aromatic heterocycles. The molecule has 1 aliphatic carbocycles. The molecule has 3 heterocycles. The van der Waals surface area contributed by atoms with E-state index in [0.717, 1.165) is 40.3 Å². The fourth-order valence-electron chi connectivity index (χ4n) is 4.63. The molecule has 2 aromatic carbocycles. The molecular weight excluding hydrogens is 448 g/mol. The van der Waals surface area contributed by atoms with Gasteiger partial charge in [0.15, 0.2) is 5.78 Å². The molecule has 176 valence electrons. The van der Waals surface area contributed by atoms with Crippen LogP contribution in [0.15, 0.2) is 84.9 Å². The molecule has 0 amide bonds. The number of aromatic nitrogens is 6. The maximum absolute atomic E-state index is 12.5. The molecule has 0 fully saturated rings. The lowest BCUT2D eigenvalue weighted by molar-refractivity contribution is 0.0910. The van der Waals surface area contributed by atoms with Crippen LogP contribution < -0.4 is 0 Å². The molecule has 0 saturated heterocycles. The zero-order valence-electron chi connectivity index (χ0n) is 20.1. The summed E-state index contributed by atoms with van der Waals surface area (Å²) in [5.74, 6) is 0.545. The number of ketones is 1. The van der Waals surface area contributed by atoms with E-state index in [2.05, 4.69) is 29.3 Å². The number of nitrogens with zero attached hydrogens (tertiary/aromatic N) is 6. The number of benzene rings is 2. The fraction of sp³-hybridized carbons (Fsp3) is 0.172. The Bertz CT molecular complexity index is 1520. The molecule has 0 bridgehead atoms. The molecule has 7 heteroatoms. The van der Waals surface area contributed by atoms with Crippen LogP contribution in [-0.4, -0.2) is 36.0 Å². The quantitative estimate of drug-likeness (QED) is 0.338. The Labute approximate surface area is 208 Å². The molecule has 0 atom stereocenters. The topological polar surface area (TPSA) is 86.5 Å². The predicted octanol–water partition coefficient (Wildman–Crippen LogP) is 5.61. The van der Waals surface area contributed by atoms with Crippen molar-refractivity contribution in [2.75, 3.05) is 0 Å². The highest BCUT2D eigenvalue weighted by atomic mass is 16.1. The molecule has 5 aromatic rings. The first-order valence-electron chi connectivity index (χ1n) is 11.9. The van der Waals surface area contributed by atoms with Gasteiger partial charge in [-0.05, 0) is 41.3 Å². The third-order valence-electron chi connectivity index (χ3n) is 6.38. The summed E-state index contributed by atoms with van der Waals surface area (Å²) in [6.07, 6.45) is 1.27. The van der Waals surface area contributed by atoms with Gasteiger partial charge in [-0.3, -0.25) is 4.79 Å². The Morgan fingerprint density at radius 1 is 0.750 bits per heavy atom. The van der Waals surface area contributed by atoms with Gasteiger partial charge in [-0.15, -0.1) is 15.0 Å². The number of hydrogen-bond acceptors (Lipinski definition) is 6. The summed E-state index contributed by atoms with van der Waals surface area (Å²) in [7, 11) is 0. The molecule has 0 N–H and O–H groups in total. The van der Waals surface area contributed by atoms with Crippen molar-refractivity contribution in [1.29, 1.82) is 0 Å². The lowest BCUT2D eigenvalue weighted by Crippen LogP contribution is -2.27. The van der Waals surface area contributed by atoms with Crippen LogP contribution in [0, 0.1) is 5.41 Å². The average Bonchev–Trinajstić information content (AvgIpc) is 3.39. The van der Waals surface area contributed by atoms with Gasteiger partial charge in [0.25, 0.3) is 0 Å². The first kappa shape index (κ1) is 22.0. The average molecular weight is 473 g/mol. The van der Waals surface area contributed by atoms with E-state index < -0.39 is 0 Å². The SMILES string of the molecule is CC1(C)CC(=O)c2ccc(-c3nnn(-c4cc(-c5ccccc5)nc(-c5ccccc5)c4)n3)nc2C1. The second-order valence-electron chi connectivity index (χ2n) is 9.86. The summed E-state index contributed by atoms with van der Waals surface area (Å²) in [6, 6.07) is 27.6. The minimum absolute atomic E-state index is 0.112. The van der Waals surface area contributed by atoms with Crippen LogP contribution in [-0.2, 0) is 6.42 Å². The van der Waals surface area contributed by atoms with Crippen molar-refractivity contribution < 1.29 is 4.79 Å². The van der Waals surface area contributed by atoms with E-state index in [1.807, 2.05) is 78.9 Å². The molecule has 0 spiro atoms. The van der Waals surface area contributed by atoms with Crippen LogP contribution in [0.1, 0.15) is 36.3 Å². The number of Topliss-reactive ketones (excluding diaryl/α,β-unsaturated/α-hetero) is 1. The summed E-state index contributed by atoms with van der Waals surface area (Å²) in [5, 5.41) is 13.3. The largest absolute Gasteiger partial charge is 0.294 e. The van der Waals surface area contributed by atoms with E-state index in [0.29, 0.717) is 23.5 Å². The van der Waals surface area contributed by atoms with E-state index in [1.165, 1.54) is 4.80 Å². The minimum atomic E-state index is -0.112. The predicted molar refractivity (Wildman–Crippen MR) is 137 cm³/mol. The second-order valence-corrected chi connectivity index (χ2v) is 9.86. The first-order valence-corrected chi connectivity index (χ1v) is 11.9. The van der Waals surface area contributed by atoms with Gasteiger partial charge in [0.1, 0.15) is 5.69 Å². The third kappa shape index (κ3) is 4.20. The van der Waals surface area contributed by atoms with Gasteiger partial charge in [0.2, 0.25) is 5.82 Å². The van der Waals surface area contributed by atoms with Gasteiger partial charge in [0, 0.05) is 23.1 Å². The van der Waals surface area contributed by atoms with Crippen molar-refractivity contribution in [2.45, 2.75) is 26.7 Å². The zero-order chi connectivity index (χ0) is 24.7. The van der Waals surface area contributed by atoms with Gasteiger partial charge in [-0.1, -0.05) is 74.5 Å². The van der Waals surface area contributed by atoms with Gasteiger partial charge < -0.3 is 0 Å². The van der Waals surface area contributed by atoms with Crippen LogP contribution in [0.2, 0.25) is 0 Å². The molecule has 7 nitrogen and oxygen atoms in total. The third-order valence-corrected chi connectivity index (χ3v) is 6.38. The molecule has 36 heavy (non-hydrogen) atoms. The van der Waals surface area contributed by atoms with Gasteiger partial charge in [0.05, 0.1) is 22.8 Å². The Morgan fingerprint density at radius 3 is 2.03 bits per heavy atom. The summed E-state index contributed by atoms with van der Waals surface area (Å²) in [4.78, 5) is 23.7. The molecule has 0 aliphatic heterocycles. The fourth-order valence-corrected chi connectivity index (χ4v) is 4.63. The first-order chi connectivity index (χ1) is 17.4. The Morgan fingerprint density at radius 2 is 1.39 bits per heavy atom. The number of carbonyl (C=O) groups is 1. The highest BCUT2D eigenvalue weighted by Crippen LogP contribution is 2.34. The normalized spacial score (nSPS) is 14.4. The van der Waals surface area contributed by atoms with Crippen LogP contribution in [0.5, 0.6) is 0 Å². The van der Waals surface area contributed by atoms with E-state index >= 15 is 0 Å². The van der Waals surface area contributed by atoms with Crippen LogP contribution in [0.4, 0.5) is 0 Å². The second kappa shape index (κ2) is 8.61. The van der Waals surface area contributed by atoms with Crippen molar-refractivity contribution in [3.05, 3.63) is 96.2 Å². The Hall–Kier alpha value is -4.52. The number of fused-ring (bicyclic) bond motifs is 1. The Kier molecular flexibility index (Phi) is 5.25. The number of carbonyl (C=O) groups excluding carboxylic acids is 1. The van der Waals surface area contributed by atoms with Crippen LogP contribution in [0.25, 0.3) is 39.7 Å². The molecular formula is C29H24N6O. The van der Waals surface area contributed by atoms with Crippen molar-refractivity contribution in [1.82, 2.24) is 30.2 Å². The molecule has 1 aliphatic rings. The monoisotopic (exact) mass is 472 g/mol. The van der Waals surface area contributed by atoms with Crippen LogP contribution >= 0.6 is 0 Å². The molecule has 0 radical (unpaired) electrons. The number of hydrogen-bond donors (Lipinski definition) is 0. The highest BCUT2D eigenvalue weighted by Gasteiger charge is 2.32. The van der Waals surface area contributed by atoms with E-state index in [-0.39, 0.29) is 11.2 Å². The lowest BCUT2D eigenvalue weighted by atomic mass is 9.75. The maximum Gasteiger partial charge on any atom is 0.223 e. The molecule has 6 rings (SSSR count). The van der Waals surface area contributed by atoms with Gasteiger partial charge >= 0.3 is 0 Å². The molecule has 0 unspecified atom stereocenters. The van der Waals surface area contributed by atoms with E-state index in [4.69, 9.17) is 9.97 Å². The summed E-state index contributed by atoms with van der Waals surface area (Å²) in [6.45, 7) is 4.18. The number of pyridine rings is 2. The van der Waals surface area contributed by atoms with Gasteiger partial charge in [-0.25, -0.2) is 9.97 Å². The van der Waals surface area contributed by atoms with Crippen molar-refractivity contribution >= 4 is 5.78 Å². The van der Waals surface area contributed by atoms with E-state index in [9.17, 15) is 4.79 Å². The van der Waals surface area contributed by atoms with Crippen molar-refractivity contribution in [3.8, 4) is 39.7 Å².